The van der Waals surface area contributed by atoms with E-state index in [4.69, 9.17) is 0 Å². The molecule has 0 spiro atoms. The van der Waals surface area contributed by atoms with Crippen LogP contribution >= 0.6 is 0 Å². The Morgan fingerprint density at radius 1 is 1.44 bits per heavy atom. The molecule has 0 aromatic carbocycles. The zero-order valence-electron chi connectivity index (χ0n) is 11.2. The fraction of sp³-hybridized carbons (Fsp3) is 0.867. The van der Waals surface area contributed by atoms with Crippen molar-refractivity contribution < 1.29 is 5.11 Å². The molecule has 4 atom stereocenters. The van der Waals surface area contributed by atoms with Crippen LogP contribution in [0.25, 0.3) is 0 Å². The first-order valence-electron chi connectivity index (χ1n) is 6.80. The van der Waals surface area contributed by atoms with E-state index in [0.29, 0.717) is 5.92 Å². The third-order valence-corrected chi connectivity index (χ3v) is 4.89. The Hall–Kier alpha value is -0.300. The van der Waals surface area contributed by atoms with Crippen molar-refractivity contribution >= 4 is 0 Å². The summed E-state index contributed by atoms with van der Waals surface area (Å²) in [7, 11) is 0. The van der Waals surface area contributed by atoms with Gasteiger partial charge in [-0.2, -0.15) is 0 Å². The first kappa shape index (κ1) is 12.2. The van der Waals surface area contributed by atoms with Crippen molar-refractivity contribution in [3.8, 4) is 0 Å². The smallest absolute Gasteiger partial charge is 0.0623 e. The Balaban J connectivity index is 2.22. The number of hydrogen-bond donors (Lipinski definition) is 1. The Labute approximate surface area is 99.9 Å². The molecule has 0 bridgehead atoms. The number of allylic oxidation sites excluding steroid dienone is 2. The summed E-state index contributed by atoms with van der Waals surface area (Å²) in [4.78, 5) is 0. The van der Waals surface area contributed by atoms with Crippen molar-refractivity contribution in [2.75, 3.05) is 0 Å². The van der Waals surface area contributed by atoms with E-state index >= 15 is 0 Å². The van der Waals surface area contributed by atoms with Crippen LogP contribution in [0.3, 0.4) is 0 Å². The van der Waals surface area contributed by atoms with Crippen molar-refractivity contribution in [1.82, 2.24) is 0 Å². The van der Waals surface area contributed by atoms with E-state index in [1.54, 1.807) is 5.57 Å². The predicted molar refractivity (Wildman–Crippen MR) is 68.2 cm³/mol. The first-order chi connectivity index (χ1) is 7.41. The molecule has 1 N–H and O–H groups in total. The molecule has 0 aliphatic heterocycles. The largest absolute Gasteiger partial charge is 0.390 e. The van der Waals surface area contributed by atoms with E-state index < -0.39 is 5.60 Å². The van der Waals surface area contributed by atoms with Gasteiger partial charge in [-0.15, -0.1) is 0 Å². The van der Waals surface area contributed by atoms with Gasteiger partial charge in [-0.1, -0.05) is 25.5 Å². The molecule has 92 valence electrons. The summed E-state index contributed by atoms with van der Waals surface area (Å²) in [6, 6.07) is 0. The topological polar surface area (TPSA) is 20.2 Å². The summed E-state index contributed by atoms with van der Waals surface area (Å²) < 4.78 is 0. The minimum atomic E-state index is -0.411. The van der Waals surface area contributed by atoms with Gasteiger partial charge in [0.2, 0.25) is 0 Å². The molecule has 0 heterocycles. The highest BCUT2D eigenvalue weighted by Crippen LogP contribution is 2.49. The van der Waals surface area contributed by atoms with Gasteiger partial charge >= 0.3 is 0 Å². The average molecular weight is 222 g/mol. The fourth-order valence-corrected chi connectivity index (χ4v) is 3.86. The SMILES string of the molecule is CC1=CC[C@H](C(C)C)[C@@H]2C[C@@](C)(O)CC[C@H]12. The molecule has 1 fully saturated rings. The number of hydrogen-bond acceptors (Lipinski definition) is 1. The van der Waals surface area contributed by atoms with Crippen LogP contribution in [0.1, 0.15) is 53.4 Å². The van der Waals surface area contributed by atoms with Crippen LogP contribution in [-0.2, 0) is 0 Å². The minimum Gasteiger partial charge on any atom is -0.390 e. The summed E-state index contributed by atoms with van der Waals surface area (Å²) in [5, 5.41) is 10.3. The highest BCUT2D eigenvalue weighted by atomic mass is 16.3. The molecule has 16 heavy (non-hydrogen) atoms. The highest BCUT2D eigenvalue weighted by molar-refractivity contribution is 5.14. The molecule has 0 unspecified atom stereocenters. The highest BCUT2D eigenvalue weighted by Gasteiger charge is 2.42. The molecular weight excluding hydrogens is 196 g/mol. The standard InChI is InChI=1S/C15H26O/c1-10(2)12-6-5-11(3)13-7-8-15(4,16)9-14(12)13/h5,10,12-14,16H,6-9H2,1-4H3/t12-,13-,14+,15+/m1/s1. The van der Waals surface area contributed by atoms with Crippen LogP contribution in [0.2, 0.25) is 0 Å². The molecule has 2 rings (SSSR count). The van der Waals surface area contributed by atoms with Crippen LogP contribution < -0.4 is 0 Å². The van der Waals surface area contributed by atoms with E-state index in [9.17, 15) is 5.11 Å². The molecule has 0 amide bonds. The van der Waals surface area contributed by atoms with Gasteiger partial charge in [0.1, 0.15) is 0 Å². The third kappa shape index (κ3) is 2.20. The van der Waals surface area contributed by atoms with Crippen LogP contribution in [0.5, 0.6) is 0 Å². The average Bonchev–Trinajstić information content (AvgIpc) is 2.15. The molecule has 1 saturated carbocycles. The Bertz CT molecular complexity index is 288. The Morgan fingerprint density at radius 2 is 2.12 bits per heavy atom. The van der Waals surface area contributed by atoms with Crippen LogP contribution in [-0.4, -0.2) is 10.7 Å². The van der Waals surface area contributed by atoms with Gasteiger partial charge in [-0.25, -0.2) is 0 Å². The molecule has 2 aliphatic rings. The molecular formula is C15H26O. The van der Waals surface area contributed by atoms with Gasteiger partial charge in [0.15, 0.2) is 0 Å². The lowest BCUT2D eigenvalue weighted by Gasteiger charge is -2.47. The van der Waals surface area contributed by atoms with Gasteiger partial charge in [0.25, 0.3) is 0 Å². The zero-order chi connectivity index (χ0) is 11.9. The number of aliphatic hydroxyl groups is 1. The predicted octanol–water partition coefficient (Wildman–Crippen LogP) is 3.78. The summed E-state index contributed by atoms with van der Waals surface area (Å²) >= 11 is 0. The second kappa shape index (κ2) is 4.18. The van der Waals surface area contributed by atoms with Gasteiger partial charge in [0.05, 0.1) is 5.60 Å². The molecule has 2 aliphatic carbocycles. The third-order valence-electron chi connectivity index (χ3n) is 4.89. The molecule has 1 nitrogen and oxygen atoms in total. The minimum absolute atomic E-state index is 0.411. The molecule has 1 heteroatoms. The number of fused-ring (bicyclic) bond motifs is 1. The fourth-order valence-electron chi connectivity index (χ4n) is 3.86. The van der Waals surface area contributed by atoms with E-state index in [1.165, 1.54) is 12.8 Å². The van der Waals surface area contributed by atoms with E-state index in [1.807, 2.05) is 6.92 Å². The van der Waals surface area contributed by atoms with E-state index in [2.05, 4.69) is 26.8 Å². The number of rotatable bonds is 1. The summed E-state index contributed by atoms with van der Waals surface area (Å²) in [5.74, 6) is 2.99. The van der Waals surface area contributed by atoms with Crippen molar-refractivity contribution in [2.24, 2.45) is 23.7 Å². The first-order valence-corrected chi connectivity index (χ1v) is 6.80. The van der Waals surface area contributed by atoms with Crippen LogP contribution in [0, 0.1) is 23.7 Å². The maximum atomic E-state index is 10.3. The van der Waals surface area contributed by atoms with Crippen molar-refractivity contribution in [1.29, 1.82) is 0 Å². The summed E-state index contributed by atoms with van der Waals surface area (Å²) in [5.41, 5.74) is 1.17. The van der Waals surface area contributed by atoms with Crippen molar-refractivity contribution in [2.45, 2.75) is 59.0 Å². The lowest BCUT2D eigenvalue weighted by atomic mass is 9.60. The Morgan fingerprint density at radius 3 is 2.75 bits per heavy atom. The van der Waals surface area contributed by atoms with Crippen LogP contribution in [0.15, 0.2) is 11.6 Å². The van der Waals surface area contributed by atoms with Gasteiger partial charge in [0, 0.05) is 0 Å². The van der Waals surface area contributed by atoms with Crippen molar-refractivity contribution in [3.63, 3.8) is 0 Å². The maximum absolute atomic E-state index is 10.3. The zero-order valence-corrected chi connectivity index (χ0v) is 11.2. The monoisotopic (exact) mass is 222 g/mol. The quantitative estimate of drug-likeness (QED) is 0.669. The van der Waals surface area contributed by atoms with Crippen LogP contribution in [0.4, 0.5) is 0 Å². The van der Waals surface area contributed by atoms with E-state index in [-0.39, 0.29) is 0 Å². The lowest BCUT2D eigenvalue weighted by Crippen LogP contribution is -2.42. The maximum Gasteiger partial charge on any atom is 0.0623 e. The molecule has 0 aromatic heterocycles. The van der Waals surface area contributed by atoms with Crippen molar-refractivity contribution in [3.05, 3.63) is 11.6 Å². The second-order valence-electron chi connectivity index (χ2n) is 6.60. The van der Waals surface area contributed by atoms with Gasteiger partial charge in [-0.05, 0) is 63.2 Å². The molecule has 0 aromatic rings. The molecule has 0 saturated heterocycles. The van der Waals surface area contributed by atoms with Gasteiger partial charge in [-0.3, -0.25) is 0 Å². The molecule has 0 radical (unpaired) electrons. The van der Waals surface area contributed by atoms with E-state index in [0.717, 1.165) is 30.6 Å². The lowest BCUT2D eigenvalue weighted by molar-refractivity contribution is -0.0370. The second-order valence-corrected chi connectivity index (χ2v) is 6.60. The summed E-state index contributed by atoms with van der Waals surface area (Å²) in [6.45, 7) is 8.97. The summed E-state index contributed by atoms with van der Waals surface area (Å²) in [6.07, 6.45) is 6.84. The Kier molecular flexibility index (Phi) is 3.18. The normalized spacial score (nSPS) is 44.1. The van der Waals surface area contributed by atoms with Gasteiger partial charge < -0.3 is 5.11 Å².